The molecule has 9 heteroatoms. The van der Waals surface area contributed by atoms with Gasteiger partial charge in [-0.15, -0.1) is 0 Å². The highest BCUT2D eigenvalue weighted by Gasteiger charge is 2.34. The lowest BCUT2D eigenvalue weighted by atomic mass is 9.78. The SMILES string of the molecule is O=S1(=O)CCC(NS(=O)(=O)c2ccc(-c3ccnc4c3CC(C3CCC3)N4)cc2)CC1. The van der Waals surface area contributed by atoms with Crippen molar-refractivity contribution in [2.45, 2.75) is 55.5 Å². The van der Waals surface area contributed by atoms with E-state index in [0.29, 0.717) is 18.9 Å². The fourth-order valence-corrected chi connectivity index (χ4v) is 7.57. The number of nitrogens with zero attached hydrogens (tertiary/aromatic N) is 1. The Morgan fingerprint density at radius 3 is 2.35 bits per heavy atom. The van der Waals surface area contributed by atoms with Crippen molar-refractivity contribution < 1.29 is 16.8 Å². The summed E-state index contributed by atoms with van der Waals surface area (Å²) in [6.45, 7) is 0. The first kappa shape index (κ1) is 20.9. The maximum Gasteiger partial charge on any atom is 0.240 e. The summed E-state index contributed by atoms with van der Waals surface area (Å²) in [7, 11) is -6.72. The van der Waals surface area contributed by atoms with Gasteiger partial charge >= 0.3 is 0 Å². The normalized spacial score (nSPS) is 23.7. The second kappa shape index (κ2) is 7.86. The van der Waals surface area contributed by atoms with Gasteiger partial charge in [-0.05, 0) is 67.3 Å². The summed E-state index contributed by atoms with van der Waals surface area (Å²) in [6.07, 6.45) is 7.24. The van der Waals surface area contributed by atoms with Crippen LogP contribution in [0.3, 0.4) is 0 Å². The highest BCUT2D eigenvalue weighted by molar-refractivity contribution is 7.91. The van der Waals surface area contributed by atoms with E-state index in [0.717, 1.165) is 29.3 Å². The molecule has 31 heavy (non-hydrogen) atoms. The lowest BCUT2D eigenvalue weighted by Gasteiger charge is -2.31. The molecule has 1 unspecified atom stereocenters. The number of benzene rings is 1. The van der Waals surface area contributed by atoms with Gasteiger partial charge in [-0.2, -0.15) is 0 Å². The van der Waals surface area contributed by atoms with Crippen molar-refractivity contribution in [3.63, 3.8) is 0 Å². The molecule has 3 heterocycles. The molecule has 0 radical (unpaired) electrons. The van der Waals surface area contributed by atoms with E-state index in [1.165, 1.54) is 24.8 Å². The van der Waals surface area contributed by atoms with Crippen molar-refractivity contribution in [3.8, 4) is 11.1 Å². The molecule has 0 amide bonds. The molecule has 2 fully saturated rings. The molecular weight excluding hydrogens is 434 g/mol. The molecule has 1 saturated carbocycles. The van der Waals surface area contributed by atoms with Gasteiger partial charge in [0.2, 0.25) is 10.0 Å². The number of hydrogen-bond donors (Lipinski definition) is 2. The van der Waals surface area contributed by atoms with E-state index in [9.17, 15) is 16.8 Å². The summed E-state index contributed by atoms with van der Waals surface area (Å²) in [6, 6.07) is 9.02. The molecule has 1 aromatic carbocycles. The maximum absolute atomic E-state index is 12.8. The van der Waals surface area contributed by atoms with Gasteiger partial charge in [-0.1, -0.05) is 18.6 Å². The van der Waals surface area contributed by atoms with Crippen LogP contribution in [-0.4, -0.2) is 45.4 Å². The molecule has 0 bridgehead atoms. The first-order valence-electron chi connectivity index (χ1n) is 10.9. The van der Waals surface area contributed by atoms with Crippen molar-refractivity contribution in [2.75, 3.05) is 16.8 Å². The molecule has 7 nitrogen and oxygen atoms in total. The fourth-order valence-electron chi connectivity index (χ4n) is 4.78. The second-order valence-electron chi connectivity index (χ2n) is 8.90. The van der Waals surface area contributed by atoms with E-state index >= 15 is 0 Å². The lowest BCUT2D eigenvalue weighted by molar-refractivity contribution is 0.278. The molecule has 5 rings (SSSR count). The summed E-state index contributed by atoms with van der Waals surface area (Å²) in [5.74, 6) is 1.72. The fraction of sp³-hybridized carbons (Fsp3) is 0.500. The van der Waals surface area contributed by atoms with Crippen LogP contribution in [0.25, 0.3) is 11.1 Å². The van der Waals surface area contributed by atoms with Gasteiger partial charge in [0.15, 0.2) is 0 Å². The number of nitrogens with one attached hydrogen (secondary N) is 2. The quantitative estimate of drug-likeness (QED) is 0.709. The van der Waals surface area contributed by atoms with Crippen LogP contribution in [0.15, 0.2) is 41.4 Å². The second-order valence-corrected chi connectivity index (χ2v) is 12.9. The summed E-state index contributed by atoms with van der Waals surface area (Å²) in [4.78, 5) is 4.70. The monoisotopic (exact) mass is 461 g/mol. The number of rotatable bonds is 5. The summed E-state index contributed by atoms with van der Waals surface area (Å²) in [5, 5.41) is 3.57. The van der Waals surface area contributed by atoms with Crippen molar-refractivity contribution in [2.24, 2.45) is 5.92 Å². The molecule has 1 aromatic heterocycles. The van der Waals surface area contributed by atoms with E-state index in [2.05, 4.69) is 15.0 Å². The van der Waals surface area contributed by atoms with Crippen LogP contribution in [0.5, 0.6) is 0 Å². The maximum atomic E-state index is 12.8. The van der Waals surface area contributed by atoms with Crippen LogP contribution in [0.4, 0.5) is 5.82 Å². The minimum absolute atomic E-state index is 0.0299. The van der Waals surface area contributed by atoms with Gasteiger partial charge in [0.05, 0.1) is 16.4 Å². The predicted octanol–water partition coefficient (Wildman–Crippen LogP) is 2.74. The third-order valence-corrected chi connectivity index (χ3v) is 10.1. The van der Waals surface area contributed by atoms with Crippen LogP contribution >= 0.6 is 0 Å². The van der Waals surface area contributed by atoms with E-state index < -0.39 is 19.9 Å². The summed E-state index contributed by atoms with van der Waals surface area (Å²) < 4.78 is 51.4. The highest BCUT2D eigenvalue weighted by Crippen LogP contribution is 2.40. The molecule has 1 atom stereocenters. The van der Waals surface area contributed by atoms with Crippen LogP contribution in [-0.2, 0) is 26.3 Å². The van der Waals surface area contributed by atoms with Gasteiger partial charge in [0.25, 0.3) is 0 Å². The number of sulfonamides is 1. The van der Waals surface area contributed by atoms with Crippen LogP contribution in [0, 0.1) is 5.92 Å². The minimum atomic E-state index is -3.69. The number of hydrogen-bond acceptors (Lipinski definition) is 6. The first-order chi connectivity index (χ1) is 14.8. The van der Waals surface area contributed by atoms with Crippen LogP contribution in [0.1, 0.15) is 37.7 Å². The van der Waals surface area contributed by atoms with E-state index in [1.54, 1.807) is 18.3 Å². The zero-order valence-corrected chi connectivity index (χ0v) is 18.9. The number of fused-ring (bicyclic) bond motifs is 1. The van der Waals surface area contributed by atoms with E-state index in [-0.39, 0.29) is 22.4 Å². The van der Waals surface area contributed by atoms with Gasteiger partial charge in [0, 0.05) is 23.8 Å². The third kappa shape index (κ3) is 4.23. The Morgan fingerprint density at radius 1 is 1.00 bits per heavy atom. The van der Waals surface area contributed by atoms with Gasteiger partial charge in [-0.25, -0.2) is 26.5 Å². The van der Waals surface area contributed by atoms with Crippen molar-refractivity contribution in [1.29, 1.82) is 0 Å². The zero-order chi connectivity index (χ0) is 21.6. The van der Waals surface area contributed by atoms with Crippen LogP contribution in [0.2, 0.25) is 0 Å². The molecule has 166 valence electrons. The summed E-state index contributed by atoms with van der Waals surface area (Å²) in [5.41, 5.74) is 3.27. The number of anilines is 1. The molecule has 2 aromatic rings. The standard InChI is InChI=1S/C22H27N3O4S2/c26-30(27)12-9-17(10-13-30)25-31(28,29)18-6-4-15(5-7-18)19-8-11-23-22-20(19)14-21(24-22)16-2-1-3-16/h4-8,11,16-17,21,25H,1-3,9-10,12-14H2,(H,23,24). The first-order valence-corrected chi connectivity index (χ1v) is 14.2. The number of sulfone groups is 1. The molecular formula is C22H27N3O4S2. The molecule has 0 spiro atoms. The molecule has 1 aliphatic carbocycles. The van der Waals surface area contributed by atoms with Gasteiger partial charge in [-0.3, -0.25) is 0 Å². The smallest absolute Gasteiger partial charge is 0.240 e. The number of pyridine rings is 1. The van der Waals surface area contributed by atoms with E-state index in [1.807, 2.05) is 18.2 Å². The Kier molecular flexibility index (Phi) is 5.30. The average molecular weight is 462 g/mol. The van der Waals surface area contributed by atoms with Crippen molar-refractivity contribution in [1.82, 2.24) is 9.71 Å². The Bertz CT molecular complexity index is 1180. The van der Waals surface area contributed by atoms with Gasteiger partial charge in [0.1, 0.15) is 15.7 Å². The van der Waals surface area contributed by atoms with E-state index in [4.69, 9.17) is 0 Å². The Hall–Kier alpha value is -1.97. The topological polar surface area (TPSA) is 105 Å². The molecule has 3 aliphatic rings. The Balaban J connectivity index is 1.33. The predicted molar refractivity (Wildman–Crippen MR) is 120 cm³/mol. The average Bonchev–Trinajstić information content (AvgIpc) is 3.11. The third-order valence-electron chi connectivity index (χ3n) is 6.87. The molecule has 1 saturated heterocycles. The lowest BCUT2D eigenvalue weighted by Crippen LogP contribution is -2.40. The largest absolute Gasteiger partial charge is 0.366 e. The Morgan fingerprint density at radius 2 is 1.71 bits per heavy atom. The summed E-state index contributed by atoms with van der Waals surface area (Å²) >= 11 is 0. The minimum Gasteiger partial charge on any atom is -0.366 e. The molecule has 2 N–H and O–H groups in total. The Labute approximate surface area is 183 Å². The number of aromatic nitrogens is 1. The van der Waals surface area contributed by atoms with Crippen molar-refractivity contribution in [3.05, 3.63) is 42.1 Å². The zero-order valence-electron chi connectivity index (χ0n) is 17.2. The highest BCUT2D eigenvalue weighted by atomic mass is 32.2. The van der Waals surface area contributed by atoms with Crippen LogP contribution < -0.4 is 10.0 Å². The van der Waals surface area contributed by atoms with Crippen molar-refractivity contribution >= 4 is 25.7 Å². The molecule has 2 aliphatic heterocycles. The van der Waals surface area contributed by atoms with Gasteiger partial charge < -0.3 is 5.32 Å².